The van der Waals surface area contributed by atoms with Crippen LogP contribution in [0.2, 0.25) is 0 Å². The second kappa shape index (κ2) is 11.2. The largest absolute Gasteiger partial charge is 0.506 e. The van der Waals surface area contributed by atoms with Gasteiger partial charge in [0, 0.05) is 57.4 Å². The lowest BCUT2D eigenvalue weighted by molar-refractivity contribution is -0.137. The molecule has 4 aliphatic rings. The number of hydrogen-bond donors (Lipinski definition) is 5. The molecule has 3 aliphatic heterocycles. The molecule has 5 heterocycles. The lowest BCUT2D eigenvalue weighted by Crippen LogP contribution is -2.10. The van der Waals surface area contributed by atoms with E-state index in [1.54, 1.807) is 6.08 Å². The number of carboxylic acid groups (broad SMARTS) is 1. The van der Waals surface area contributed by atoms with Crippen LogP contribution in [-0.4, -0.2) is 60.9 Å². The number of carbonyl (C=O) groups is 2. The third-order valence-electron chi connectivity index (χ3n) is 9.43. The minimum Gasteiger partial charge on any atom is -0.506 e. The van der Waals surface area contributed by atoms with Gasteiger partial charge in [0.25, 0.3) is 0 Å². The number of H-pyrrole nitrogens is 2. The number of nitrogens with zero attached hydrogens (tertiary/aromatic N) is 2. The molecule has 0 amide bonds. The zero-order valence-electron chi connectivity index (χ0n) is 26.0. The Labute approximate surface area is 260 Å². The van der Waals surface area contributed by atoms with Crippen molar-refractivity contribution in [1.82, 2.24) is 19.9 Å². The van der Waals surface area contributed by atoms with Crippen LogP contribution in [0.3, 0.4) is 0 Å². The molecule has 0 spiro atoms. The predicted molar refractivity (Wildman–Crippen MR) is 173 cm³/mol. The summed E-state index contributed by atoms with van der Waals surface area (Å²) >= 11 is 0. The number of rotatable bonds is 7. The summed E-state index contributed by atoms with van der Waals surface area (Å²) in [6.45, 7) is 11.7. The Balaban J connectivity index is 1.81. The zero-order chi connectivity index (χ0) is 32.3. The smallest absolute Gasteiger partial charge is 0.342 e. The summed E-state index contributed by atoms with van der Waals surface area (Å²) in [6.07, 6.45) is 2.61. The van der Waals surface area contributed by atoms with Gasteiger partial charge in [0.05, 0.1) is 42.0 Å². The summed E-state index contributed by atoms with van der Waals surface area (Å²) in [5, 5.41) is 31.6. The minimum absolute atomic E-state index is 0.0183. The molecule has 0 unspecified atom stereocenters. The van der Waals surface area contributed by atoms with Gasteiger partial charge in [-0.25, -0.2) is 14.8 Å². The molecule has 2 atom stereocenters. The third kappa shape index (κ3) is 4.59. The van der Waals surface area contributed by atoms with E-state index in [1.165, 1.54) is 7.11 Å². The molecule has 2 aromatic heterocycles. The molecule has 0 radical (unpaired) electrons. The molecule has 5 N–H and O–H groups in total. The Hall–Kier alpha value is -4.96. The zero-order valence-corrected chi connectivity index (χ0v) is 26.0. The third-order valence-corrected chi connectivity index (χ3v) is 9.43. The second-order valence-electron chi connectivity index (χ2n) is 11.7. The standard InChI is InChI=1S/C35H36N4O6/c1-7-18-15(3)22-11-23-16(4)20(9-10-28(41)42)32(38-23)30-31(35(44)45-6)34(43)29-17(5)24(39-33(29)30)12-26-19(8-2)21(14-40)27(37-26)13-25(18)36-22/h7,11-13,16,20,38-40,43H,1,8-10,14H2,2-6H3,(H,41,42)/t16-,20-/m0/s1. The van der Waals surface area contributed by atoms with Crippen LogP contribution in [0.25, 0.3) is 44.7 Å². The Bertz CT molecular complexity index is 1990. The van der Waals surface area contributed by atoms with Crippen LogP contribution in [-0.2, 0) is 14.3 Å². The van der Waals surface area contributed by atoms with Crippen molar-refractivity contribution in [1.29, 1.82) is 0 Å². The van der Waals surface area contributed by atoms with Gasteiger partial charge >= 0.3 is 11.9 Å². The second-order valence-corrected chi connectivity index (χ2v) is 11.7. The number of ether oxygens (including phenoxy) is 1. The number of hydrogen-bond acceptors (Lipinski definition) is 7. The van der Waals surface area contributed by atoms with E-state index in [2.05, 4.69) is 16.5 Å². The molecule has 0 fully saturated rings. The monoisotopic (exact) mass is 608 g/mol. The van der Waals surface area contributed by atoms with Crippen molar-refractivity contribution in [2.24, 2.45) is 0 Å². The normalized spacial score (nSPS) is 18.1. The molecule has 10 nitrogen and oxygen atoms in total. The Morgan fingerprint density at radius 3 is 2.40 bits per heavy atom. The summed E-state index contributed by atoms with van der Waals surface area (Å²) in [7, 11) is 1.26. The van der Waals surface area contributed by atoms with Crippen LogP contribution in [0.1, 0.15) is 103 Å². The highest BCUT2D eigenvalue weighted by molar-refractivity contribution is 6.30. The minimum atomic E-state index is -0.923. The van der Waals surface area contributed by atoms with E-state index >= 15 is 0 Å². The first-order chi connectivity index (χ1) is 21.5. The van der Waals surface area contributed by atoms with E-state index in [0.29, 0.717) is 69.0 Å². The van der Waals surface area contributed by atoms with Gasteiger partial charge in [-0.3, -0.25) is 4.79 Å². The van der Waals surface area contributed by atoms with Crippen LogP contribution in [0.15, 0.2) is 30.9 Å². The maximum atomic E-state index is 13.2. The molecule has 232 valence electrons. The van der Waals surface area contributed by atoms with Crippen LogP contribution < -0.4 is 0 Å². The van der Waals surface area contributed by atoms with Crippen LogP contribution >= 0.6 is 0 Å². The van der Waals surface area contributed by atoms with Gasteiger partial charge in [-0.15, -0.1) is 0 Å². The number of aromatic amines is 2. The molecule has 1 aliphatic carbocycles. The van der Waals surface area contributed by atoms with Crippen molar-refractivity contribution in [3.8, 4) is 0 Å². The number of aliphatic hydroxyl groups excluding tert-OH is 2. The van der Waals surface area contributed by atoms with Gasteiger partial charge < -0.3 is 30.0 Å². The summed E-state index contributed by atoms with van der Waals surface area (Å²) < 4.78 is 5.13. The van der Waals surface area contributed by atoms with E-state index in [0.717, 1.165) is 28.0 Å². The molecule has 0 saturated carbocycles. The average Bonchev–Trinajstić information content (AvgIpc) is 3.76. The number of methoxy groups -OCH3 is 1. The quantitative estimate of drug-likeness (QED) is 0.224. The number of carbonyl (C=O) groups excluding carboxylic acids is 1. The molecule has 45 heavy (non-hydrogen) atoms. The summed E-state index contributed by atoms with van der Waals surface area (Å²) in [5.41, 5.74) is 10.3. The van der Waals surface area contributed by atoms with Crippen LogP contribution in [0.4, 0.5) is 0 Å². The van der Waals surface area contributed by atoms with Crippen molar-refractivity contribution in [2.45, 2.75) is 58.8 Å². The summed E-state index contributed by atoms with van der Waals surface area (Å²) in [6, 6.07) is 5.72. The number of nitrogens with one attached hydrogen (secondary N) is 2. The number of fused-ring (bicyclic) bond motifs is 8. The van der Waals surface area contributed by atoms with Crippen LogP contribution in [0, 0.1) is 6.92 Å². The molecule has 8 bridgehead atoms. The molecule has 0 aromatic carbocycles. The predicted octanol–water partition coefficient (Wildman–Crippen LogP) is 6.44. The maximum Gasteiger partial charge on any atom is 0.342 e. The first-order valence-electron chi connectivity index (χ1n) is 15.0. The molecular formula is C35H36N4O6. The van der Waals surface area contributed by atoms with Crippen molar-refractivity contribution in [3.63, 3.8) is 0 Å². The topological polar surface area (TPSA) is 161 Å². The van der Waals surface area contributed by atoms with E-state index in [4.69, 9.17) is 14.7 Å². The number of allylic oxidation sites excluding steroid dienone is 4. The maximum absolute atomic E-state index is 13.2. The van der Waals surface area contributed by atoms with Gasteiger partial charge in [-0.05, 0) is 61.6 Å². The highest BCUT2D eigenvalue weighted by Gasteiger charge is 2.39. The average molecular weight is 609 g/mol. The number of esters is 1. The molecule has 0 saturated heterocycles. The highest BCUT2D eigenvalue weighted by Crippen LogP contribution is 2.49. The summed E-state index contributed by atoms with van der Waals surface area (Å²) in [5.74, 6) is -2.31. The number of aryl methyl sites for hydroxylation is 1. The van der Waals surface area contributed by atoms with Gasteiger partial charge in [0.1, 0.15) is 11.3 Å². The van der Waals surface area contributed by atoms with E-state index in [9.17, 15) is 24.9 Å². The molecule has 2 aromatic rings. The number of aliphatic carboxylic acids is 1. The summed E-state index contributed by atoms with van der Waals surface area (Å²) in [4.78, 5) is 41.8. The van der Waals surface area contributed by atoms with Gasteiger partial charge in [-0.1, -0.05) is 26.5 Å². The van der Waals surface area contributed by atoms with Gasteiger partial charge in [0.15, 0.2) is 0 Å². The van der Waals surface area contributed by atoms with E-state index in [-0.39, 0.29) is 36.2 Å². The molecule has 6 rings (SSSR count). The van der Waals surface area contributed by atoms with Crippen LogP contribution in [0.5, 0.6) is 0 Å². The van der Waals surface area contributed by atoms with E-state index < -0.39 is 11.9 Å². The first kappa shape index (κ1) is 30.1. The lowest BCUT2D eigenvalue weighted by Gasteiger charge is -2.17. The van der Waals surface area contributed by atoms with Gasteiger partial charge in [-0.2, -0.15) is 0 Å². The van der Waals surface area contributed by atoms with Crippen molar-refractivity contribution in [2.75, 3.05) is 13.7 Å². The molecule has 10 heteroatoms. The Morgan fingerprint density at radius 2 is 1.76 bits per heavy atom. The Morgan fingerprint density at radius 1 is 1.04 bits per heavy atom. The fraction of sp³-hybridized carbons (Fsp3) is 0.314. The molecular weight excluding hydrogens is 572 g/mol. The van der Waals surface area contributed by atoms with Crippen molar-refractivity contribution in [3.05, 3.63) is 81.7 Å². The fourth-order valence-electron chi connectivity index (χ4n) is 7.01. The van der Waals surface area contributed by atoms with E-state index in [1.807, 2.05) is 45.9 Å². The van der Waals surface area contributed by atoms with Crippen molar-refractivity contribution < 1.29 is 29.6 Å². The number of aliphatic hydroxyl groups is 2. The number of carboxylic acids is 1. The Kier molecular flexibility index (Phi) is 7.48. The first-order valence-corrected chi connectivity index (χ1v) is 15.0. The lowest BCUT2D eigenvalue weighted by atomic mass is 9.85. The fourth-order valence-corrected chi connectivity index (χ4v) is 7.01. The number of aromatic nitrogens is 4. The van der Waals surface area contributed by atoms with Gasteiger partial charge in [0.2, 0.25) is 0 Å². The highest BCUT2D eigenvalue weighted by atomic mass is 16.5. The SMILES string of the molecule is C=CC1=C(C)c2cc3[nH]c(c4c5[nH]c(cc6nc(cc1n2)C(CO)=C6CC)c(C)c5C(O)=C4C(=O)OC)[C@@H](CCC(=O)O)[C@@H]3C. The van der Waals surface area contributed by atoms with Crippen molar-refractivity contribution >= 4 is 56.6 Å².